The summed E-state index contributed by atoms with van der Waals surface area (Å²) in [7, 11) is -0.789. The molecule has 3 heterocycles. The van der Waals surface area contributed by atoms with Crippen LogP contribution in [0.5, 0.6) is 0 Å². The van der Waals surface area contributed by atoms with Crippen LogP contribution in [-0.2, 0) is 10.8 Å². The fourth-order valence-electron chi connectivity index (χ4n) is 4.09. The molecule has 0 amide bonds. The van der Waals surface area contributed by atoms with Crippen molar-refractivity contribution in [1.29, 1.82) is 0 Å². The Kier molecular flexibility index (Phi) is 3.14. The van der Waals surface area contributed by atoms with Crippen molar-refractivity contribution in [3.05, 3.63) is 83.3 Å². The van der Waals surface area contributed by atoms with Gasteiger partial charge in [-0.05, 0) is 27.7 Å². The third-order valence-electron chi connectivity index (χ3n) is 5.10. The van der Waals surface area contributed by atoms with Gasteiger partial charge in [0.2, 0.25) is 0 Å². The van der Waals surface area contributed by atoms with E-state index in [0.717, 1.165) is 0 Å². The molecule has 2 bridgehead atoms. The lowest BCUT2D eigenvalue weighted by molar-refractivity contribution is 0.679. The molecule has 0 saturated carbocycles. The Bertz CT molecular complexity index is 838. The summed E-state index contributed by atoms with van der Waals surface area (Å²) in [6.07, 6.45) is 2.28. The Morgan fingerprint density at radius 3 is 2.09 bits per heavy atom. The first kappa shape index (κ1) is 13.8. The summed E-state index contributed by atoms with van der Waals surface area (Å²) in [6.45, 7) is 0. The molecule has 114 valence electrons. The Balaban J connectivity index is 1.58. The second kappa shape index (κ2) is 5.22. The molecular formula is C20H16OS2. The summed E-state index contributed by atoms with van der Waals surface area (Å²) in [6, 6.07) is 21.1. The van der Waals surface area contributed by atoms with Gasteiger partial charge < -0.3 is 0 Å². The molecule has 1 fully saturated rings. The first-order chi connectivity index (χ1) is 11.3. The van der Waals surface area contributed by atoms with E-state index in [1.54, 1.807) is 0 Å². The van der Waals surface area contributed by atoms with Gasteiger partial charge in [0.05, 0.1) is 10.5 Å². The molecule has 3 aliphatic heterocycles. The molecule has 0 spiro atoms. The van der Waals surface area contributed by atoms with E-state index in [1.807, 2.05) is 17.8 Å². The van der Waals surface area contributed by atoms with Gasteiger partial charge in [-0.15, -0.1) is 11.8 Å². The van der Waals surface area contributed by atoms with Crippen LogP contribution in [0.15, 0.2) is 72.1 Å². The topological polar surface area (TPSA) is 17.1 Å². The first-order valence-electron chi connectivity index (χ1n) is 7.92. The van der Waals surface area contributed by atoms with Crippen LogP contribution in [-0.4, -0.2) is 20.0 Å². The molecule has 0 N–H and O–H groups in total. The number of thioether (sulfide) groups is 1. The molecule has 5 atom stereocenters. The highest BCUT2D eigenvalue weighted by molar-refractivity contribution is 8.04. The fourth-order valence-corrected chi connectivity index (χ4v) is 8.14. The lowest BCUT2D eigenvalue weighted by atomic mass is 9.79. The molecule has 3 aliphatic rings. The van der Waals surface area contributed by atoms with Crippen LogP contribution in [0.25, 0.3) is 11.1 Å². The predicted molar refractivity (Wildman–Crippen MR) is 99.4 cm³/mol. The molecule has 2 unspecified atom stereocenters. The Morgan fingerprint density at radius 2 is 1.43 bits per heavy atom. The van der Waals surface area contributed by atoms with Gasteiger partial charge >= 0.3 is 0 Å². The Morgan fingerprint density at radius 1 is 0.826 bits per heavy atom. The molecule has 2 aromatic carbocycles. The number of fused-ring (bicyclic) bond motifs is 5. The van der Waals surface area contributed by atoms with Gasteiger partial charge in [0.25, 0.3) is 0 Å². The monoisotopic (exact) mass is 336 g/mol. The maximum absolute atomic E-state index is 13.0. The Hall–Kier alpha value is -1.58. The third-order valence-corrected chi connectivity index (χ3v) is 8.57. The van der Waals surface area contributed by atoms with E-state index in [1.165, 1.54) is 22.3 Å². The minimum atomic E-state index is -0.789. The molecule has 5 rings (SSSR count). The van der Waals surface area contributed by atoms with Gasteiger partial charge in [-0.3, -0.25) is 4.21 Å². The van der Waals surface area contributed by atoms with E-state index in [-0.39, 0.29) is 10.5 Å². The second-order valence-corrected chi connectivity index (χ2v) is 9.03. The molecule has 1 saturated heterocycles. The minimum Gasteiger partial charge on any atom is -0.258 e. The van der Waals surface area contributed by atoms with Crippen molar-refractivity contribution in [2.24, 2.45) is 5.92 Å². The largest absolute Gasteiger partial charge is 0.258 e. The second-order valence-electron chi connectivity index (χ2n) is 6.27. The van der Waals surface area contributed by atoms with Crippen LogP contribution in [0.4, 0.5) is 0 Å². The Labute approximate surface area is 143 Å². The van der Waals surface area contributed by atoms with Gasteiger partial charge in [0.1, 0.15) is 0 Å². The predicted octanol–water partition coefficient (Wildman–Crippen LogP) is 4.36. The standard InChI is InChI=1S/C20H16OS2/c21-23-17-11-15(13-7-3-1-4-8-13)20(23)18-16(12-22-19(17)18)14-9-5-2-6-10-14/h1-12,17-20H/t17?,18-,19-,20-,23?/m0/s1. The number of hydrogen-bond donors (Lipinski definition) is 0. The van der Waals surface area contributed by atoms with Crippen LogP contribution in [0, 0.1) is 5.92 Å². The van der Waals surface area contributed by atoms with Gasteiger partial charge in [0, 0.05) is 22.0 Å². The SMILES string of the molecule is O=S1C2C=C(c3ccccc3)[C@H]1[C@H]1C(c3ccccc3)=CS[C@@H]21. The van der Waals surface area contributed by atoms with E-state index in [9.17, 15) is 4.21 Å². The van der Waals surface area contributed by atoms with Crippen molar-refractivity contribution >= 4 is 33.7 Å². The van der Waals surface area contributed by atoms with E-state index in [0.29, 0.717) is 11.2 Å². The average Bonchev–Trinajstić information content (AvgIpc) is 3.26. The number of allylic oxidation sites excluding steroid dienone is 1. The van der Waals surface area contributed by atoms with Gasteiger partial charge in [-0.25, -0.2) is 0 Å². The summed E-state index contributed by atoms with van der Waals surface area (Å²) in [4.78, 5) is 0. The van der Waals surface area contributed by atoms with E-state index < -0.39 is 10.8 Å². The summed E-state index contributed by atoms with van der Waals surface area (Å²) >= 11 is 1.88. The summed E-state index contributed by atoms with van der Waals surface area (Å²) in [5.41, 5.74) is 5.18. The van der Waals surface area contributed by atoms with Crippen LogP contribution >= 0.6 is 11.8 Å². The number of hydrogen-bond acceptors (Lipinski definition) is 2. The van der Waals surface area contributed by atoms with Gasteiger partial charge in [-0.2, -0.15) is 0 Å². The van der Waals surface area contributed by atoms with E-state index in [4.69, 9.17) is 0 Å². The van der Waals surface area contributed by atoms with Gasteiger partial charge in [-0.1, -0.05) is 66.7 Å². The van der Waals surface area contributed by atoms with E-state index >= 15 is 0 Å². The van der Waals surface area contributed by atoms with Crippen molar-refractivity contribution in [3.8, 4) is 0 Å². The summed E-state index contributed by atoms with van der Waals surface area (Å²) < 4.78 is 13.0. The molecule has 1 nitrogen and oxygen atoms in total. The average molecular weight is 336 g/mol. The molecule has 2 aromatic rings. The zero-order valence-electron chi connectivity index (χ0n) is 12.5. The first-order valence-corrected chi connectivity index (χ1v) is 10.1. The molecule has 0 aromatic heterocycles. The van der Waals surface area contributed by atoms with E-state index in [2.05, 4.69) is 66.1 Å². The fraction of sp³-hybridized carbons (Fsp3) is 0.200. The highest BCUT2D eigenvalue weighted by atomic mass is 32.2. The third kappa shape index (κ3) is 1.96. The minimum absolute atomic E-state index is 0.147. The summed E-state index contributed by atoms with van der Waals surface area (Å²) in [5.74, 6) is 0.383. The van der Waals surface area contributed by atoms with Crippen molar-refractivity contribution in [1.82, 2.24) is 0 Å². The van der Waals surface area contributed by atoms with Gasteiger partial charge in [0.15, 0.2) is 0 Å². The maximum atomic E-state index is 13.0. The maximum Gasteiger partial charge on any atom is 0.0686 e. The number of benzene rings is 2. The smallest absolute Gasteiger partial charge is 0.0686 e. The van der Waals surface area contributed by atoms with Crippen molar-refractivity contribution in [2.45, 2.75) is 15.7 Å². The highest BCUT2D eigenvalue weighted by Crippen LogP contribution is 2.58. The molecular weight excluding hydrogens is 320 g/mol. The van der Waals surface area contributed by atoms with Crippen LogP contribution in [0.3, 0.4) is 0 Å². The quantitative estimate of drug-likeness (QED) is 0.811. The van der Waals surface area contributed by atoms with Crippen molar-refractivity contribution < 1.29 is 4.21 Å². The molecule has 23 heavy (non-hydrogen) atoms. The van der Waals surface area contributed by atoms with Crippen molar-refractivity contribution in [2.75, 3.05) is 0 Å². The normalized spacial score (nSPS) is 34.2. The molecule has 0 radical (unpaired) electrons. The summed E-state index contributed by atoms with van der Waals surface area (Å²) in [5, 5.41) is 3.10. The van der Waals surface area contributed by atoms with Crippen LogP contribution in [0.2, 0.25) is 0 Å². The van der Waals surface area contributed by atoms with Crippen LogP contribution < -0.4 is 0 Å². The zero-order valence-corrected chi connectivity index (χ0v) is 14.1. The lowest BCUT2D eigenvalue weighted by Crippen LogP contribution is -2.26. The zero-order chi connectivity index (χ0) is 15.4. The molecule has 3 heteroatoms. The molecule has 0 aliphatic carbocycles. The van der Waals surface area contributed by atoms with Crippen molar-refractivity contribution in [3.63, 3.8) is 0 Å². The van der Waals surface area contributed by atoms with Crippen LogP contribution in [0.1, 0.15) is 11.1 Å². The number of rotatable bonds is 2. The lowest BCUT2D eigenvalue weighted by Gasteiger charge is -2.25. The highest BCUT2D eigenvalue weighted by Gasteiger charge is 2.57.